The lowest BCUT2D eigenvalue weighted by Crippen LogP contribution is -2.27. The number of anilines is 1. The van der Waals surface area contributed by atoms with Gasteiger partial charge in [-0.15, -0.1) is 0 Å². The van der Waals surface area contributed by atoms with Crippen LogP contribution in [-0.4, -0.2) is 36.2 Å². The molecule has 11 heteroatoms. The summed E-state index contributed by atoms with van der Waals surface area (Å²) in [6.45, 7) is 2.45. The zero-order valence-corrected chi connectivity index (χ0v) is 23.2. The van der Waals surface area contributed by atoms with Gasteiger partial charge in [-0.3, -0.25) is 9.59 Å². The highest BCUT2D eigenvalue weighted by Gasteiger charge is 2.31. The summed E-state index contributed by atoms with van der Waals surface area (Å²) in [6, 6.07) is 14.9. The Labute approximate surface area is 240 Å². The quantitative estimate of drug-likeness (QED) is 0.186. The number of halogens is 5. The molecule has 3 aromatic rings. The van der Waals surface area contributed by atoms with E-state index in [4.69, 9.17) is 33.0 Å². The third-order valence-corrected chi connectivity index (χ3v) is 6.65. The Morgan fingerprint density at radius 1 is 0.975 bits per heavy atom. The van der Waals surface area contributed by atoms with Crippen molar-refractivity contribution >= 4 is 40.8 Å². The lowest BCUT2D eigenvalue weighted by molar-refractivity contribution is -0.138. The molecule has 0 spiro atoms. The topological polar surface area (TPSA) is 87.7 Å². The lowest BCUT2D eigenvalue weighted by atomic mass is 10.0. The van der Waals surface area contributed by atoms with E-state index in [9.17, 15) is 22.8 Å². The molecule has 0 radical (unpaired) electrons. The minimum absolute atomic E-state index is 0.0486. The molecule has 0 aliphatic rings. The highest BCUT2D eigenvalue weighted by molar-refractivity contribution is 6.36. The van der Waals surface area contributed by atoms with E-state index in [-0.39, 0.29) is 35.0 Å². The lowest BCUT2D eigenvalue weighted by Gasteiger charge is -2.21. The minimum atomic E-state index is -4.49. The summed E-state index contributed by atoms with van der Waals surface area (Å²) in [5.74, 6) is -0.841. The second kappa shape index (κ2) is 14.3. The molecule has 214 valence electrons. The average molecular weight is 597 g/mol. The van der Waals surface area contributed by atoms with Crippen LogP contribution in [0.1, 0.15) is 48.5 Å². The van der Waals surface area contributed by atoms with Crippen molar-refractivity contribution in [2.24, 2.45) is 0 Å². The van der Waals surface area contributed by atoms with Gasteiger partial charge in [0.1, 0.15) is 12.4 Å². The Morgan fingerprint density at radius 2 is 1.62 bits per heavy atom. The monoisotopic (exact) mass is 596 g/mol. The molecule has 1 atom stereocenters. The first-order chi connectivity index (χ1) is 19.0. The van der Waals surface area contributed by atoms with Gasteiger partial charge >= 0.3 is 12.1 Å². The van der Waals surface area contributed by atoms with Gasteiger partial charge in [-0.05, 0) is 61.0 Å². The molecule has 6 nitrogen and oxygen atoms in total. The predicted molar refractivity (Wildman–Crippen MR) is 150 cm³/mol. The first-order valence-electron chi connectivity index (χ1n) is 12.6. The normalized spacial score (nSPS) is 12.1. The third-order valence-electron chi connectivity index (χ3n) is 6.03. The molecule has 1 unspecified atom stereocenters. The molecule has 0 aliphatic carbocycles. The first kappa shape index (κ1) is 31.1. The molecule has 40 heavy (non-hydrogen) atoms. The van der Waals surface area contributed by atoms with Crippen LogP contribution in [0.25, 0.3) is 11.1 Å². The molecule has 3 rings (SSSR count). The standard InChI is InChI=1S/C29H29Cl2F3N2O4/c1-2-3-4-21(36-20-8-5-18(6-9-20)28(39)35-14-13-27(37)38)17-40-22-10-12-24(26(31)16-22)23-11-7-19(15-25(23)30)29(32,33)34/h5-12,15-16,21,36H,2-4,13-14,17H2,1H3,(H,35,39)(H,37,38). The maximum Gasteiger partial charge on any atom is 0.416 e. The van der Waals surface area contributed by atoms with Crippen LogP contribution in [0.3, 0.4) is 0 Å². The molecule has 0 bridgehead atoms. The van der Waals surface area contributed by atoms with Crippen LogP contribution in [0.2, 0.25) is 10.0 Å². The van der Waals surface area contributed by atoms with Crippen molar-refractivity contribution in [1.82, 2.24) is 5.32 Å². The highest BCUT2D eigenvalue weighted by atomic mass is 35.5. The largest absolute Gasteiger partial charge is 0.491 e. The van der Waals surface area contributed by atoms with Gasteiger partial charge in [0.25, 0.3) is 5.91 Å². The van der Waals surface area contributed by atoms with Gasteiger partial charge in [-0.25, -0.2) is 0 Å². The Hall–Kier alpha value is -3.43. The highest BCUT2D eigenvalue weighted by Crippen LogP contribution is 2.39. The summed E-state index contributed by atoms with van der Waals surface area (Å²) in [5.41, 5.74) is 1.24. The molecule has 3 N–H and O–H groups in total. The number of rotatable bonds is 13. The zero-order valence-electron chi connectivity index (χ0n) is 21.7. The number of carboxylic acids is 1. The van der Waals surface area contributed by atoms with Crippen molar-refractivity contribution in [3.05, 3.63) is 81.8 Å². The second-order valence-electron chi connectivity index (χ2n) is 9.11. The van der Waals surface area contributed by atoms with Crippen molar-refractivity contribution in [1.29, 1.82) is 0 Å². The van der Waals surface area contributed by atoms with Crippen LogP contribution in [0.5, 0.6) is 5.75 Å². The van der Waals surface area contributed by atoms with Gasteiger partial charge in [0.15, 0.2) is 0 Å². The van der Waals surface area contributed by atoms with Crippen molar-refractivity contribution in [3.8, 4) is 16.9 Å². The molecule has 1 amide bonds. The minimum Gasteiger partial charge on any atom is -0.491 e. The van der Waals surface area contributed by atoms with Crippen LogP contribution in [0, 0.1) is 0 Å². The van der Waals surface area contributed by atoms with Gasteiger partial charge in [0.2, 0.25) is 0 Å². The third kappa shape index (κ3) is 9.06. The maximum atomic E-state index is 13.0. The Morgan fingerprint density at radius 3 is 2.20 bits per heavy atom. The van der Waals surface area contributed by atoms with E-state index in [1.165, 1.54) is 6.07 Å². The van der Waals surface area contributed by atoms with Crippen molar-refractivity contribution in [3.63, 3.8) is 0 Å². The smallest absolute Gasteiger partial charge is 0.416 e. The Kier molecular flexibility index (Phi) is 11.1. The van der Waals surface area contributed by atoms with E-state index in [0.29, 0.717) is 29.0 Å². The molecule has 0 aromatic heterocycles. The molecule has 0 heterocycles. The van der Waals surface area contributed by atoms with Gasteiger partial charge < -0.3 is 20.5 Å². The van der Waals surface area contributed by atoms with E-state index < -0.39 is 17.7 Å². The summed E-state index contributed by atoms with van der Waals surface area (Å²) >= 11 is 12.6. The number of carboxylic acid groups (broad SMARTS) is 1. The van der Waals surface area contributed by atoms with Crippen LogP contribution in [0.4, 0.5) is 18.9 Å². The van der Waals surface area contributed by atoms with Crippen LogP contribution >= 0.6 is 23.2 Å². The van der Waals surface area contributed by atoms with Crippen molar-refractivity contribution < 1.29 is 32.6 Å². The number of alkyl halides is 3. The molecule has 0 aliphatic heterocycles. The van der Waals surface area contributed by atoms with E-state index in [0.717, 1.165) is 37.1 Å². The van der Waals surface area contributed by atoms with Crippen LogP contribution in [-0.2, 0) is 11.0 Å². The molecule has 0 fully saturated rings. The number of ether oxygens (including phenoxy) is 1. The number of nitrogens with one attached hydrogen (secondary N) is 2. The fourth-order valence-electron chi connectivity index (χ4n) is 3.90. The van der Waals surface area contributed by atoms with Gasteiger partial charge in [-0.1, -0.05) is 49.0 Å². The van der Waals surface area contributed by atoms with Gasteiger partial charge in [-0.2, -0.15) is 13.2 Å². The number of aliphatic carboxylic acids is 1. The van der Waals surface area contributed by atoms with Crippen molar-refractivity contribution in [2.45, 2.75) is 44.8 Å². The summed E-state index contributed by atoms with van der Waals surface area (Å²) in [5, 5.41) is 14.9. The summed E-state index contributed by atoms with van der Waals surface area (Å²) in [7, 11) is 0. The van der Waals surface area contributed by atoms with E-state index >= 15 is 0 Å². The SMILES string of the molecule is CCCCC(COc1ccc(-c2ccc(C(F)(F)F)cc2Cl)c(Cl)c1)Nc1ccc(C(=O)NCCC(=O)O)cc1. The molecule has 0 saturated carbocycles. The van der Waals surface area contributed by atoms with Crippen LogP contribution in [0.15, 0.2) is 60.7 Å². The molecule has 3 aromatic carbocycles. The summed E-state index contributed by atoms with van der Waals surface area (Å²) in [6.07, 6.45) is -1.88. The second-order valence-corrected chi connectivity index (χ2v) is 9.92. The number of amides is 1. The van der Waals surface area contributed by atoms with E-state index in [1.807, 2.05) is 0 Å². The van der Waals surface area contributed by atoms with E-state index in [1.54, 1.807) is 42.5 Å². The summed E-state index contributed by atoms with van der Waals surface area (Å²) < 4.78 is 44.9. The molecule has 0 saturated heterocycles. The van der Waals surface area contributed by atoms with Crippen molar-refractivity contribution in [2.75, 3.05) is 18.5 Å². The predicted octanol–water partition coefficient (Wildman–Crippen LogP) is 7.93. The number of hydrogen-bond acceptors (Lipinski definition) is 4. The maximum absolute atomic E-state index is 13.0. The molecular weight excluding hydrogens is 568 g/mol. The summed E-state index contributed by atoms with van der Waals surface area (Å²) in [4.78, 5) is 22.8. The average Bonchev–Trinajstić information content (AvgIpc) is 2.90. The molecular formula is C29H29Cl2F3N2O4. The fraction of sp³-hybridized carbons (Fsp3) is 0.310. The number of carbonyl (C=O) groups is 2. The van der Waals surface area contributed by atoms with Gasteiger partial charge in [0, 0.05) is 33.9 Å². The number of carbonyl (C=O) groups excluding carboxylic acids is 1. The number of unbranched alkanes of at least 4 members (excludes halogenated alkanes) is 1. The number of hydrogen-bond donors (Lipinski definition) is 3. The fourth-order valence-corrected chi connectivity index (χ4v) is 4.45. The first-order valence-corrected chi connectivity index (χ1v) is 13.4. The van der Waals surface area contributed by atoms with Crippen LogP contribution < -0.4 is 15.4 Å². The van der Waals surface area contributed by atoms with E-state index in [2.05, 4.69) is 17.6 Å². The number of benzene rings is 3. The zero-order chi connectivity index (χ0) is 29.3. The Bertz CT molecular complexity index is 1320. The Balaban J connectivity index is 1.64. The van der Waals surface area contributed by atoms with Gasteiger partial charge in [0.05, 0.1) is 23.0 Å².